The molecule has 2 amide bonds. The summed E-state index contributed by atoms with van der Waals surface area (Å²) >= 11 is 0. The normalized spacial score (nSPS) is 13.2. The molecule has 12 N–H and O–H groups in total. The van der Waals surface area contributed by atoms with Crippen LogP contribution >= 0.6 is 0 Å². The van der Waals surface area contributed by atoms with Crippen molar-refractivity contribution in [3.05, 3.63) is 83.7 Å². The second-order valence-electron chi connectivity index (χ2n) is 14.3. The molecule has 2 aromatic carbocycles. The van der Waals surface area contributed by atoms with E-state index < -0.39 is 23.4 Å². The number of fused-ring (bicyclic) bond motifs is 2. The number of amides is 2. The first-order valence-electron chi connectivity index (χ1n) is 19.1. The first-order valence-corrected chi connectivity index (χ1v) is 19.1. The Bertz CT molecular complexity index is 2270. The fraction of sp³-hybridized carbons (Fsp3) is 0.350. The summed E-state index contributed by atoms with van der Waals surface area (Å²) in [5.41, 5.74) is 25.6. The molecule has 6 rings (SSSR count). The van der Waals surface area contributed by atoms with E-state index in [9.17, 15) is 18.4 Å². The number of nitrogens with zero attached hydrogens (tertiary/aromatic N) is 6. The quantitative estimate of drug-likeness (QED) is 0.0597. The lowest BCUT2D eigenvalue weighted by molar-refractivity contribution is 0.0992. The zero-order chi connectivity index (χ0) is 43.7. The molecule has 0 aliphatic carbocycles. The van der Waals surface area contributed by atoms with E-state index in [0.717, 1.165) is 33.9 Å². The molecule has 320 valence electrons. The molecular formula is C40H52F2N14O4. The molecule has 20 heteroatoms. The van der Waals surface area contributed by atoms with Crippen LogP contribution in [-0.2, 0) is 22.6 Å². The van der Waals surface area contributed by atoms with Crippen LogP contribution in [0.1, 0.15) is 48.4 Å². The molecule has 4 aromatic heterocycles. The summed E-state index contributed by atoms with van der Waals surface area (Å²) in [5.74, 6) is -2.67. The van der Waals surface area contributed by atoms with Crippen molar-refractivity contribution in [1.82, 2.24) is 29.5 Å². The van der Waals surface area contributed by atoms with Gasteiger partial charge in [0.05, 0.1) is 60.9 Å². The Hall–Kier alpha value is -6.48. The highest BCUT2D eigenvalue weighted by molar-refractivity contribution is 6.00. The van der Waals surface area contributed by atoms with E-state index in [4.69, 9.17) is 32.4 Å². The minimum Gasteiger partial charge on any atom is -0.383 e. The number of rotatable bonds is 18. The summed E-state index contributed by atoms with van der Waals surface area (Å²) in [7, 11) is 3.27. The molecule has 4 atom stereocenters. The highest BCUT2D eigenvalue weighted by Gasteiger charge is 2.20. The number of nitrogens with two attached hydrogens (primary N) is 4. The van der Waals surface area contributed by atoms with Crippen LogP contribution in [0.15, 0.2) is 60.9 Å². The number of aromatic nitrogens is 6. The van der Waals surface area contributed by atoms with Gasteiger partial charge in [-0.2, -0.15) is 10.2 Å². The van der Waals surface area contributed by atoms with Gasteiger partial charge in [0.1, 0.15) is 11.6 Å². The number of benzene rings is 2. The van der Waals surface area contributed by atoms with E-state index in [1.54, 1.807) is 40.5 Å². The number of carbonyl (C=O) groups is 2. The molecule has 0 spiro atoms. The topological polar surface area (TPSA) is 266 Å². The van der Waals surface area contributed by atoms with Crippen molar-refractivity contribution in [1.29, 1.82) is 0 Å². The molecular weight excluding hydrogens is 779 g/mol. The highest BCUT2D eigenvalue weighted by atomic mass is 19.1. The van der Waals surface area contributed by atoms with Crippen LogP contribution in [-0.4, -0.2) is 92.9 Å². The number of carbonyl (C=O) groups excluding carboxylic acids is 2. The molecule has 0 bridgehead atoms. The van der Waals surface area contributed by atoms with E-state index >= 15 is 0 Å². The summed E-state index contributed by atoms with van der Waals surface area (Å²) < 4.78 is 42.8. The predicted molar refractivity (Wildman–Crippen MR) is 229 cm³/mol. The Labute approximate surface area is 345 Å². The largest absolute Gasteiger partial charge is 0.383 e. The fourth-order valence-electron chi connectivity index (χ4n) is 5.76. The van der Waals surface area contributed by atoms with Gasteiger partial charge in [-0.15, -0.1) is 0 Å². The SMILES string of the molecule is COCCn1ncc2cc(Nc3nc(N[C@@H](C)[C@@H](C)N)c(F)cc3C(N)=O)ccc21.COCCn1ncc2cc(Nc3nc(N[C@H](C)[C@H](C)N)c(F)cc3C(N)=O)ccc21. The van der Waals surface area contributed by atoms with Gasteiger partial charge in [-0.1, -0.05) is 0 Å². The lowest BCUT2D eigenvalue weighted by Crippen LogP contribution is -2.35. The Morgan fingerprint density at radius 2 is 1.03 bits per heavy atom. The molecule has 0 saturated carbocycles. The Balaban J connectivity index is 0.000000228. The summed E-state index contributed by atoms with van der Waals surface area (Å²) in [6, 6.07) is 12.4. The summed E-state index contributed by atoms with van der Waals surface area (Å²) in [5, 5.41) is 22.4. The van der Waals surface area contributed by atoms with Gasteiger partial charge in [0, 0.05) is 60.5 Å². The monoisotopic (exact) mass is 830 g/mol. The number of anilines is 6. The van der Waals surface area contributed by atoms with E-state index in [1.807, 2.05) is 59.6 Å². The maximum absolute atomic E-state index is 14.4. The Morgan fingerprint density at radius 3 is 1.37 bits per heavy atom. The van der Waals surface area contributed by atoms with Gasteiger partial charge in [0.2, 0.25) is 0 Å². The van der Waals surface area contributed by atoms with Crippen molar-refractivity contribution < 1.29 is 27.8 Å². The maximum Gasteiger partial charge on any atom is 0.252 e. The predicted octanol–water partition coefficient (Wildman–Crippen LogP) is 4.41. The van der Waals surface area contributed by atoms with E-state index in [1.165, 1.54) is 0 Å². The molecule has 0 aliphatic heterocycles. The number of halogens is 2. The first-order chi connectivity index (χ1) is 28.6. The van der Waals surface area contributed by atoms with Crippen LogP contribution in [0.5, 0.6) is 0 Å². The second-order valence-corrected chi connectivity index (χ2v) is 14.3. The number of methoxy groups -OCH3 is 2. The number of pyridine rings is 2. The minimum absolute atomic E-state index is 0.0132. The van der Waals surface area contributed by atoms with Crippen molar-refractivity contribution >= 4 is 68.3 Å². The van der Waals surface area contributed by atoms with Crippen molar-refractivity contribution in [3.8, 4) is 0 Å². The fourth-order valence-corrected chi connectivity index (χ4v) is 5.76. The molecule has 0 unspecified atom stereocenters. The van der Waals surface area contributed by atoms with Gasteiger partial charge in [-0.3, -0.25) is 19.0 Å². The second kappa shape index (κ2) is 20.0. The molecule has 0 saturated heterocycles. The minimum atomic E-state index is -0.788. The molecule has 60 heavy (non-hydrogen) atoms. The molecule has 6 aromatic rings. The summed E-state index contributed by atoms with van der Waals surface area (Å²) in [4.78, 5) is 32.2. The number of primary amides is 2. The van der Waals surface area contributed by atoms with Crippen LogP contribution in [0.2, 0.25) is 0 Å². The van der Waals surface area contributed by atoms with Gasteiger partial charge in [0.25, 0.3) is 11.8 Å². The van der Waals surface area contributed by atoms with Crippen molar-refractivity contribution in [3.63, 3.8) is 0 Å². The third-order valence-corrected chi connectivity index (χ3v) is 9.61. The van der Waals surface area contributed by atoms with Gasteiger partial charge in [-0.25, -0.2) is 18.7 Å². The lowest BCUT2D eigenvalue weighted by Gasteiger charge is -2.20. The summed E-state index contributed by atoms with van der Waals surface area (Å²) in [6.07, 6.45) is 3.47. The average molecular weight is 831 g/mol. The lowest BCUT2D eigenvalue weighted by atomic mass is 10.1. The van der Waals surface area contributed by atoms with Crippen molar-refractivity contribution in [2.24, 2.45) is 22.9 Å². The number of nitrogens with one attached hydrogen (secondary N) is 4. The molecule has 18 nitrogen and oxygen atoms in total. The number of ether oxygens (including phenoxy) is 2. The van der Waals surface area contributed by atoms with Gasteiger partial charge < -0.3 is 53.7 Å². The zero-order valence-corrected chi connectivity index (χ0v) is 34.3. The third kappa shape index (κ3) is 11.0. The molecule has 0 radical (unpaired) electrons. The van der Waals surface area contributed by atoms with Crippen LogP contribution in [0.3, 0.4) is 0 Å². The smallest absolute Gasteiger partial charge is 0.252 e. The van der Waals surface area contributed by atoms with Crippen LogP contribution < -0.4 is 44.2 Å². The summed E-state index contributed by atoms with van der Waals surface area (Å²) in [6.45, 7) is 9.59. The average Bonchev–Trinajstić information content (AvgIpc) is 3.81. The maximum atomic E-state index is 14.4. The van der Waals surface area contributed by atoms with Crippen LogP contribution in [0.4, 0.5) is 43.4 Å². The number of hydrogen-bond donors (Lipinski definition) is 8. The number of hydrogen-bond acceptors (Lipinski definition) is 14. The highest BCUT2D eigenvalue weighted by Crippen LogP contribution is 2.28. The molecule has 0 aliphatic rings. The van der Waals surface area contributed by atoms with E-state index in [0.29, 0.717) is 37.7 Å². The van der Waals surface area contributed by atoms with Crippen molar-refractivity contribution in [2.45, 2.75) is 65.0 Å². The Kier molecular flexibility index (Phi) is 14.9. The standard InChI is InChI=1S/2C20H26FN7O2/c2*1-11(22)12(2)25-20-16(21)9-15(18(23)29)19(27-20)26-14-4-5-17-13(8-14)10-24-28(17)6-7-30-3/h2*4-5,8-12H,6-7,22H2,1-3H3,(H2,23,29)(H2,25,26,27)/t2*11-,12+/m10/s1. The third-order valence-electron chi connectivity index (χ3n) is 9.61. The molecule has 0 fully saturated rings. The van der Waals surface area contributed by atoms with E-state index in [2.05, 4.69) is 41.4 Å². The van der Waals surface area contributed by atoms with Gasteiger partial charge >= 0.3 is 0 Å². The van der Waals surface area contributed by atoms with E-state index in [-0.39, 0.29) is 58.6 Å². The zero-order valence-electron chi connectivity index (χ0n) is 34.3. The van der Waals surface area contributed by atoms with Gasteiger partial charge in [-0.05, 0) is 76.2 Å². The molecule has 4 heterocycles. The van der Waals surface area contributed by atoms with Crippen LogP contribution in [0.25, 0.3) is 21.8 Å². The first kappa shape index (κ1) is 44.6. The Morgan fingerprint density at radius 1 is 0.650 bits per heavy atom. The van der Waals surface area contributed by atoms with Crippen molar-refractivity contribution in [2.75, 3.05) is 48.7 Å². The van der Waals surface area contributed by atoms with Crippen LogP contribution in [0, 0.1) is 11.6 Å². The van der Waals surface area contributed by atoms with Gasteiger partial charge in [0.15, 0.2) is 23.3 Å².